The molecule has 4 aromatic rings. The van der Waals surface area contributed by atoms with E-state index in [2.05, 4.69) is 10.6 Å². The van der Waals surface area contributed by atoms with E-state index in [1.165, 1.54) is 54.2 Å². The SMILES string of the molecule is O=C(Nc1ccc(SC(C(=O)Nc2ccc(F)c(Cl)c2)c2ccccc2)cc1)c1ccc([N+](=O)[O-])cc1. The maximum Gasteiger partial charge on any atom is 0.269 e. The number of halogens is 2. The van der Waals surface area contributed by atoms with E-state index >= 15 is 0 Å². The Morgan fingerprint density at radius 1 is 0.865 bits per heavy atom. The van der Waals surface area contributed by atoms with Gasteiger partial charge in [0.15, 0.2) is 0 Å². The molecule has 0 radical (unpaired) electrons. The van der Waals surface area contributed by atoms with Crippen LogP contribution in [0.2, 0.25) is 5.02 Å². The minimum Gasteiger partial charge on any atom is -0.325 e. The van der Waals surface area contributed by atoms with Crippen molar-refractivity contribution in [2.45, 2.75) is 10.1 Å². The van der Waals surface area contributed by atoms with Gasteiger partial charge in [0.05, 0.1) is 9.95 Å². The number of rotatable bonds is 8. The van der Waals surface area contributed by atoms with E-state index in [9.17, 15) is 24.1 Å². The van der Waals surface area contributed by atoms with Crippen molar-refractivity contribution in [1.29, 1.82) is 0 Å². The third-order valence-electron chi connectivity index (χ3n) is 5.23. The number of nitrogens with one attached hydrogen (secondary N) is 2. The number of benzene rings is 4. The fourth-order valence-electron chi connectivity index (χ4n) is 3.37. The molecule has 0 aliphatic rings. The lowest BCUT2D eigenvalue weighted by Gasteiger charge is -2.17. The van der Waals surface area contributed by atoms with E-state index in [-0.39, 0.29) is 22.2 Å². The van der Waals surface area contributed by atoms with Crippen LogP contribution in [0.1, 0.15) is 21.2 Å². The predicted octanol–water partition coefficient (Wildman–Crippen LogP) is 7.11. The molecule has 0 saturated carbocycles. The molecule has 4 rings (SSSR count). The molecule has 0 aliphatic carbocycles. The largest absolute Gasteiger partial charge is 0.325 e. The summed E-state index contributed by atoms with van der Waals surface area (Å²) in [7, 11) is 0. The van der Waals surface area contributed by atoms with Crippen molar-refractivity contribution in [2.24, 2.45) is 0 Å². The van der Waals surface area contributed by atoms with Crippen molar-refractivity contribution in [3.63, 3.8) is 0 Å². The summed E-state index contributed by atoms with van der Waals surface area (Å²) in [5.41, 5.74) is 1.86. The van der Waals surface area contributed by atoms with Crippen molar-refractivity contribution < 1.29 is 18.9 Å². The highest BCUT2D eigenvalue weighted by Crippen LogP contribution is 2.37. The molecule has 0 spiro atoms. The van der Waals surface area contributed by atoms with Crippen LogP contribution >= 0.6 is 23.4 Å². The third-order valence-corrected chi connectivity index (χ3v) is 6.79. The van der Waals surface area contributed by atoms with Crippen molar-refractivity contribution in [2.75, 3.05) is 10.6 Å². The van der Waals surface area contributed by atoms with E-state index in [4.69, 9.17) is 11.6 Å². The zero-order valence-corrected chi connectivity index (χ0v) is 20.6. The number of hydrogen-bond acceptors (Lipinski definition) is 5. The highest BCUT2D eigenvalue weighted by molar-refractivity contribution is 8.00. The molecular formula is C27H19ClFN3O4S. The Hall–Kier alpha value is -4.21. The van der Waals surface area contributed by atoms with E-state index in [1.807, 2.05) is 30.3 Å². The average Bonchev–Trinajstić information content (AvgIpc) is 2.90. The lowest BCUT2D eigenvalue weighted by Crippen LogP contribution is -2.19. The number of nitrogens with zero attached hydrogens (tertiary/aromatic N) is 1. The molecule has 4 aromatic carbocycles. The third kappa shape index (κ3) is 6.72. The van der Waals surface area contributed by atoms with E-state index in [1.54, 1.807) is 24.3 Å². The standard InChI is InChI=1S/C27H19ClFN3O4S/c28-23-16-20(10-15-24(23)29)31-27(34)25(17-4-2-1-3-5-17)37-22-13-8-19(9-14-22)30-26(33)18-6-11-21(12-7-18)32(35)36/h1-16,25H,(H,30,33)(H,31,34). The Morgan fingerprint density at radius 3 is 2.14 bits per heavy atom. The van der Waals surface area contributed by atoms with Crippen molar-refractivity contribution >= 4 is 52.2 Å². The van der Waals surface area contributed by atoms with Gasteiger partial charge in [0.25, 0.3) is 11.6 Å². The first-order valence-corrected chi connectivity index (χ1v) is 12.2. The smallest absolute Gasteiger partial charge is 0.269 e. The van der Waals surface area contributed by atoms with E-state index < -0.39 is 21.9 Å². The van der Waals surface area contributed by atoms with Crippen LogP contribution in [-0.4, -0.2) is 16.7 Å². The highest BCUT2D eigenvalue weighted by atomic mass is 35.5. The van der Waals surface area contributed by atoms with Crippen molar-refractivity contribution in [3.8, 4) is 0 Å². The fourth-order valence-corrected chi connectivity index (χ4v) is 4.58. The Labute approximate surface area is 220 Å². The minimum absolute atomic E-state index is 0.0897. The van der Waals surface area contributed by atoms with Gasteiger partial charge in [-0.25, -0.2) is 4.39 Å². The molecular weight excluding hydrogens is 517 g/mol. The lowest BCUT2D eigenvalue weighted by atomic mass is 10.1. The topological polar surface area (TPSA) is 101 Å². The maximum absolute atomic E-state index is 13.5. The summed E-state index contributed by atoms with van der Waals surface area (Å²) < 4.78 is 13.5. The van der Waals surface area contributed by atoms with E-state index in [0.29, 0.717) is 11.4 Å². The first-order chi connectivity index (χ1) is 17.8. The number of amides is 2. The maximum atomic E-state index is 13.5. The van der Waals surface area contributed by atoms with Crippen LogP contribution in [0.4, 0.5) is 21.5 Å². The number of nitro benzene ring substituents is 1. The summed E-state index contributed by atoms with van der Waals surface area (Å²) in [4.78, 5) is 36.7. The quantitative estimate of drug-likeness (QED) is 0.142. The molecule has 0 bridgehead atoms. The molecule has 2 N–H and O–H groups in total. The molecule has 10 heteroatoms. The number of thioether (sulfide) groups is 1. The van der Waals surface area contributed by atoms with Gasteiger partial charge in [-0.1, -0.05) is 41.9 Å². The predicted molar refractivity (Wildman–Crippen MR) is 143 cm³/mol. The normalized spacial score (nSPS) is 11.4. The molecule has 2 amide bonds. The van der Waals surface area contributed by atoms with Gasteiger partial charge in [0.1, 0.15) is 11.1 Å². The minimum atomic E-state index is -0.620. The Bertz CT molecular complexity index is 1430. The lowest BCUT2D eigenvalue weighted by molar-refractivity contribution is -0.384. The van der Waals surface area contributed by atoms with Crippen LogP contribution < -0.4 is 10.6 Å². The van der Waals surface area contributed by atoms with Crippen LogP contribution in [0, 0.1) is 15.9 Å². The van der Waals surface area contributed by atoms with Gasteiger partial charge in [-0.3, -0.25) is 19.7 Å². The Balaban J connectivity index is 1.47. The highest BCUT2D eigenvalue weighted by Gasteiger charge is 2.22. The average molecular weight is 536 g/mol. The first kappa shape index (κ1) is 25.9. The molecule has 0 aromatic heterocycles. The molecule has 0 heterocycles. The van der Waals surface area contributed by atoms with Gasteiger partial charge in [-0.05, 0) is 60.2 Å². The van der Waals surface area contributed by atoms with Gasteiger partial charge in [-0.2, -0.15) is 0 Å². The molecule has 0 aliphatic heterocycles. The number of anilines is 2. The Kier molecular flexibility index (Phi) is 8.17. The number of carbonyl (C=O) groups is 2. The van der Waals surface area contributed by atoms with Crippen molar-refractivity contribution in [3.05, 3.63) is 129 Å². The summed E-state index contributed by atoms with van der Waals surface area (Å²) in [5.74, 6) is -1.29. The second-order valence-electron chi connectivity index (χ2n) is 7.81. The summed E-state index contributed by atoms with van der Waals surface area (Å²) in [5, 5.41) is 15.6. The van der Waals surface area contributed by atoms with Crippen LogP contribution in [0.25, 0.3) is 0 Å². The van der Waals surface area contributed by atoms with Crippen molar-refractivity contribution in [1.82, 2.24) is 0 Å². The molecule has 7 nitrogen and oxygen atoms in total. The molecule has 0 fully saturated rings. The number of hydrogen-bond donors (Lipinski definition) is 2. The molecule has 186 valence electrons. The van der Waals surface area contributed by atoms with Gasteiger partial charge in [0, 0.05) is 34.0 Å². The molecule has 1 unspecified atom stereocenters. The summed E-state index contributed by atoms with van der Waals surface area (Å²) in [6.45, 7) is 0. The first-order valence-electron chi connectivity index (χ1n) is 10.9. The zero-order valence-electron chi connectivity index (χ0n) is 19.1. The van der Waals surface area contributed by atoms with Crippen LogP contribution in [0.3, 0.4) is 0 Å². The fraction of sp³-hybridized carbons (Fsp3) is 0.0370. The van der Waals surface area contributed by atoms with Crippen LogP contribution in [-0.2, 0) is 4.79 Å². The van der Waals surface area contributed by atoms with Crippen LogP contribution in [0.5, 0.6) is 0 Å². The summed E-state index contributed by atoms with van der Waals surface area (Å²) in [6.07, 6.45) is 0. The van der Waals surface area contributed by atoms with E-state index in [0.717, 1.165) is 10.5 Å². The van der Waals surface area contributed by atoms with Gasteiger partial charge in [0.2, 0.25) is 5.91 Å². The molecule has 1 atom stereocenters. The van der Waals surface area contributed by atoms with Gasteiger partial charge in [-0.15, -0.1) is 11.8 Å². The number of non-ortho nitro benzene ring substituents is 1. The summed E-state index contributed by atoms with van der Waals surface area (Å²) in [6, 6.07) is 25.4. The molecule has 0 saturated heterocycles. The monoisotopic (exact) mass is 535 g/mol. The van der Waals surface area contributed by atoms with Crippen LogP contribution in [0.15, 0.2) is 102 Å². The van der Waals surface area contributed by atoms with Gasteiger partial charge < -0.3 is 10.6 Å². The Morgan fingerprint density at radius 2 is 1.51 bits per heavy atom. The number of nitro groups is 1. The second-order valence-corrected chi connectivity index (χ2v) is 9.39. The number of carbonyl (C=O) groups excluding carboxylic acids is 2. The van der Waals surface area contributed by atoms with Gasteiger partial charge >= 0.3 is 0 Å². The molecule has 37 heavy (non-hydrogen) atoms. The summed E-state index contributed by atoms with van der Waals surface area (Å²) >= 11 is 7.15. The second kappa shape index (κ2) is 11.7. The zero-order chi connectivity index (χ0) is 26.4.